The van der Waals surface area contributed by atoms with Crippen LogP contribution in [0.15, 0.2) is 0 Å². The number of aromatic nitrogens is 1. The van der Waals surface area contributed by atoms with E-state index in [4.69, 9.17) is 0 Å². The van der Waals surface area contributed by atoms with Gasteiger partial charge in [0, 0.05) is 10.9 Å². The Labute approximate surface area is 103 Å². The fourth-order valence-corrected chi connectivity index (χ4v) is 2.69. The van der Waals surface area contributed by atoms with Crippen LogP contribution in [0.25, 0.3) is 0 Å². The lowest BCUT2D eigenvalue weighted by Gasteiger charge is -2.16. The Kier molecular flexibility index (Phi) is 5.81. The molecule has 0 aliphatic carbocycles. The lowest BCUT2D eigenvalue weighted by atomic mass is 10.1. The highest BCUT2D eigenvalue weighted by Gasteiger charge is 2.10. The third kappa shape index (κ3) is 4.12. The van der Waals surface area contributed by atoms with Crippen LogP contribution in [0, 0.1) is 13.8 Å². The molecule has 1 unspecified atom stereocenters. The highest BCUT2D eigenvalue weighted by Crippen LogP contribution is 2.23. The van der Waals surface area contributed by atoms with Gasteiger partial charge in [0.05, 0.1) is 5.69 Å². The smallest absolute Gasteiger partial charge is 0.183 e. The third-order valence-corrected chi connectivity index (χ3v) is 3.90. The minimum Gasteiger partial charge on any atom is -0.359 e. The van der Waals surface area contributed by atoms with E-state index in [0.29, 0.717) is 6.04 Å². The molecule has 1 atom stereocenters. The number of anilines is 1. The second-order valence-corrected chi connectivity index (χ2v) is 5.64. The molecule has 0 aliphatic rings. The van der Waals surface area contributed by atoms with Crippen LogP contribution in [-0.2, 0) is 0 Å². The number of nitrogens with zero attached hydrogens (tertiary/aromatic N) is 1. The van der Waals surface area contributed by atoms with Crippen LogP contribution in [0.2, 0.25) is 0 Å². The maximum Gasteiger partial charge on any atom is 0.183 e. The minimum atomic E-state index is 0.606. The molecule has 0 saturated carbocycles. The molecule has 3 heteroatoms. The summed E-state index contributed by atoms with van der Waals surface area (Å²) in [5.74, 6) is 0. The van der Waals surface area contributed by atoms with E-state index in [-0.39, 0.29) is 0 Å². The van der Waals surface area contributed by atoms with Gasteiger partial charge in [-0.2, -0.15) is 0 Å². The number of hydrogen-bond donors (Lipinski definition) is 1. The first-order chi connectivity index (χ1) is 7.67. The highest BCUT2D eigenvalue weighted by atomic mass is 32.1. The molecule has 0 bridgehead atoms. The van der Waals surface area contributed by atoms with E-state index in [9.17, 15) is 0 Å². The highest BCUT2D eigenvalue weighted by molar-refractivity contribution is 7.15. The van der Waals surface area contributed by atoms with Crippen LogP contribution in [0.4, 0.5) is 5.13 Å². The van der Waals surface area contributed by atoms with Crippen LogP contribution >= 0.6 is 11.3 Å². The Morgan fingerprint density at radius 3 is 2.44 bits per heavy atom. The van der Waals surface area contributed by atoms with E-state index >= 15 is 0 Å². The maximum atomic E-state index is 4.55. The van der Waals surface area contributed by atoms with Crippen molar-refractivity contribution in [3.8, 4) is 0 Å². The molecule has 1 N–H and O–H groups in total. The Morgan fingerprint density at radius 2 is 1.94 bits per heavy atom. The van der Waals surface area contributed by atoms with Gasteiger partial charge in [0.1, 0.15) is 0 Å². The molecule has 0 spiro atoms. The van der Waals surface area contributed by atoms with Gasteiger partial charge in [-0.15, -0.1) is 11.3 Å². The van der Waals surface area contributed by atoms with E-state index in [1.807, 2.05) is 0 Å². The van der Waals surface area contributed by atoms with Gasteiger partial charge in [-0.25, -0.2) is 4.98 Å². The second kappa shape index (κ2) is 6.89. The Balaban J connectivity index is 2.52. The summed E-state index contributed by atoms with van der Waals surface area (Å²) in [7, 11) is 0. The predicted molar refractivity (Wildman–Crippen MR) is 73.4 cm³/mol. The molecule has 0 aliphatic heterocycles. The van der Waals surface area contributed by atoms with Crippen LogP contribution in [-0.4, -0.2) is 11.0 Å². The van der Waals surface area contributed by atoms with Crippen LogP contribution in [0.5, 0.6) is 0 Å². The van der Waals surface area contributed by atoms with Crippen molar-refractivity contribution in [1.82, 2.24) is 4.98 Å². The summed E-state index contributed by atoms with van der Waals surface area (Å²) < 4.78 is 0. The van der Waals surface area contributed by atoms with Crippen LogP contribution in [0.3, 0.4) is 0 Å². The normalized spacial score (nSPS) is 12.8. The van der Waals surface area contributed by atoms with Crippen molar-refractivity contribution in [2.24, 2.45) is 0 Å². The molecule has 2 nitrogen and oxygen atoms in total. The monoisotopic (exact) mass is 240 g/mol. The number of rotatable bonds is 7. The summed E-state index contributed by atoms with van der Waals surface area (Å²) in [6, 6.07) is 0.606. The minimum absolute atomic E-state index is 0.606. The molecule has 1 rings (SSSR count). The second-order valence-electron chi connectivity index (χ2n) is 4.43. The van der Waals surface area contributed by atoms with Gasteiger partial charge in [-0.05, 0) is 26.7 Å². The number of hydrogen-bond acceptors (Lipinski definition) is 3. The molecule has 16 heavy (non-hydrogen) atoms. The first-order valence-electron chi connectivity index (χ1n) is 6.37. The number of nitrogens with one attached hydrogen (secondary N) is 1. The van der Waals surface area contributed by atoms with E-state index in [2.05, 4.69) is 38.0 Å². The summed E-state index contributed by atoms with van der Waals surface area (Å²) in [6.07, 6.45) is 6.34. The SMILES string of the molecule is CCCCC(CCC)Nc1nc(C)c(C)s1. The molecule has 0 radical (unpaired) electrons. The topological polar surface area (TPSA) is 24.9 Å². The summed E-state index contributed by atoms with van der Waals surface area (Å²) in [5, 5.41) is 4.69. The molecule has 0 amide bonds. The first-order valence-corrected chi connectivity index (χ1v) is 7.19. The fourth-order valence-electron chi connectivity index (χ4n) is 1.80. The number of unbranched alkanes of at least 4 members (excludes halogenated alkanes) is 1. The van der Waals surface area contributed by atoms with Crippen molar-refractivity contribution in [1.29, 1.82) is 0 Å². The predicted octanol–water partition coefficient (Wildman–Crippen LogP) is 4.53. The maximum absolute atomic E-state index is 4.55. The molecule has 1 heterocycles. The average Bonchev–Trinajstić information content (AvgIpc) is 2.55. The molecule has 1 aromatic rings. The molecule has 0 saturated heterocycles. The molecule has 0 fully saturated rings. The average molecular weight is 240 g/mol. The largest absolute Gasteiger partial charge is 0.359 e. The standard InChI is InChI=1S/C13H24N2S/c1-5-7-9-12(8-6-2)15-13-14-10(3)11(4)16-13/h12H,5-9H2,1-4H3,(H,14,15). The van der Waals surface area contributed by atoms with Gasteiger partial charge in [0.2, 0.25) is 0 Å². The lowest BCUT2D eigenvalue weighted by molar-refractivity contribution is 0.564. The summed E-state index contributed by atoms with van der Waals surface area (Å²) in [5.41, 5.74) is 1.17. The van der Waals surface area contributed by atoms with Crippen molar-refractivity contribution in [2.45, 2.75) is 65.8 Å². The van der Waals surface area contributed by atoms with E-state index < -0.39 is 0 Å². The molecular formula is C13H24N2S. The molecule has 1 aromatic heterocycles. The quantitative estimate of drug-likeness (QED) is 0.757. The van der Waals surface area contributed by atoms with Crippen molar-refractivity contribution in [2.75, 3.05) is 5.32 Å². The zero-order valence-corrected chi connectivity index (χ0v) is 11.8. The Hall–Kier alpha value is -0.570. The van der Waals surface area contributed by atoms with Crippen molar-refractivity contribution in [3.05, 3.63) is 10.6 Å². The molecule has 0 aromatic carbocycles. The molecular weight excluding hydrogens is 216 g/mol. The Bertz CT molecular complexity index is 287. The van der Waals surface area contributed by atoms with Crippen molar-refractivity contribution >= 4 is 16.5 Å². The van der Waals surface area contributed by atoms with Gasteiger partial charge < -0.3 is 5.32 Å². The van der Waals surface area contributed by atoms with Gasteiger partial charge in [0.25, 0.3) is 0 Å². The summed E-state index contributed by atoms with van der Waals surface area (Å²) >= 11 is 1.78. The summed E-state index contributed by atoms with van der Waals surface area (Å²) in [6.45, 7) is 8.72. The molecule has 92 valence electrons. The first kappa shape index (κ1) is 13.5. The van der Waals surface area contributed by atoms with E-state index in [0.717, 1.165) is 5.13 Å². The zero-order chi connectivity index (χ0) is 12.0. The van der Waals surface area contributed by atoms with Gasteiger partial charge in [-0.1, -0.05) is 33.1 Å². The lowest BCUT2D eigenvalue weighted by Crippen LogP contribution is -2.18. The van der Waals surface area contributed by atoms with Crippen molar-refractivity contribution in [3.63, 3.8) is 0 Å². The van der Waals surface area contributed by atoms with E-state index in [1.165, 1.54) is 42.7 Å². The zero-order valence-electron chi connectivity index (χ0n) is 11.0. The van der Waals surface area contributed by atoms with Crippen LogP contribution < -0.4 is 5.32 Å². The summed E-state index contributed by atoms with van der Waals surface area (Å²) in [4.78, 5) is 5.87. The number of aryl methyl sites for hydroxylation is 2. The van der Waals surface area contributed by atoms with Crippen LogP contribution in [0.1, 0.15) is 56.5 Å². The van der Waals surface area contributed by atoms with Gasteiger partial charge in [0.15, 0.2) is 5.13 Å². The fraction of sp³-hybridized carbons (Fsp3) is 0.769. The van der Waals surface area contributed by atoms with Gasteiger partial charge in [-0.3, -0.25) is 0 Å². The third-order valence-electron chi connectivity index (χ3n) is 2.90. The van der Waals surface area contributed by atoms with E-state index in [1.54, 1.807) is 11.3 Å². The van der Waals surface area contributed by atoms with Crippen molar-refractivity contribution < 1.29 is 0 Å². The number of thiazole rings is 1. The van der Waals surface area contributed by atoms with Gasteiger partial charge >= 0.3 is 0 Å². The Morgan fingerprint density at radius 1 is 1.19 bits per heavy atom.